The summed E-state index contributed by atoms with van der Waals surface area (Å²) in [5.74, 6) is 0. The van der Waals surface area contributed by atoms with Crippen LogP contribution in [0.2, 0.25) is 0 Å². The number of hydrogen-bond donors (Lipinski definition) is 1. The molecular weight excluding hydrogens is 236 g/mol. The zero-order valence-corrected chi connectivity index (χ0v) is 10.8. The smallest absolute Gasteiger partial charge is 0.0935 e. The van der Waals surface area contributed by atoms with Crippen molar-refractivity contribution in [2.45, 2.75) is 12.5 Å². The molecule has 1 N–H and O–H groups in total. The summed E-state index contributed by atoms with van der Waals surface area (Å²) < 4.78 is 5.14. The molecular formula is C16H16N2O. The monoisotopic (exact) mass is 252 g/mol. The second-order valence-electron chi connectivity index (χ2n) is 4.59. The van der Waals surface area contributed by atoms with Crippen molar-refractivity contribution in [3.8, 4) is 0 Å². The number of likely N-dealkylation sites (N-methyl/N-ethyl adjacent to an activating group) is 1. The number of aromatic nitrogens is 1. The normalized spacial score (nSPS) is 12.7. The number of rotatable bonds is 4. The van der Waals surface area contributed by atoms with E-state index >= 15 is 0 Å². The molecule has 3 nitrogen and oxygen atoms in total. The van der Waals surface area contributed by atoms with E-state index in [2.05, 4.69) is 28.5 Å². The predicted octanol–water partition coefficient (Wildman–Crippen LogP) is 3.33. The molecule has 3 aromatic rings. The van der Waals surface area contributed by atoms with Crippen LogP contribution in [0.5, 0.6) is 0 Å². The largest absolute Gasteiger partial charge is 0.472 e. The number of hydrogen-bond acceptors (Lipinski definition) is 3. The Balaban J connectivity index is 2.01. The Morgan fingerprint density at radius 1 is 1.21 bits per heavy atom. The van der Waals surface area contributed by atoms with E-state index in [1.165, 1.54) is 16.5 Å². The summed E-state index contributed by atoms with van der Waals surface area (Å²) in [6, 6.07) is 12.6. The van der Waals surface area contributed by atoms with Crippen molar-refractivity contribution in [3.63, 3.8) is 0 Å². The molecule has 96 valence electrons. The second-order valence-corrected chi connectivity index (χ2v) is 4.59. The molecule has 0 amide bonds. The molecule has 2 aromatic heterocycles. The van der Waals surface area contributed by atoms with E-state index in [0.717, 1.165) is 11.9 Å². The lowest BCUT2D eigenvalue weighted by Crippen LogP contribution is -2.19. The van der Waals surface area contributed by atoms with Gasteiger partial charge in [-0.25, -0.2) is 0 Å². The molecule has 3 rings (SSSR count). The van der Waals surface area contributed by atoms with Crippen molar-refractivity contribution in [2.75, 3.05) is 7.05 Å². The van der Waals surface area contributed by atoms with Crippen LogP contribution in [0.3, 0.4) is 0 Å². The molecule has 0 aliphatic rings. The third-order valence-corrected chi connectivity index (χ3v) is 3.43. The number of pyridine rings is 1. The van der Waals surface area contributed by atoms with Gasteiger partial charge in [0.2, 0.25) is 0 Å². The van der Waals surface area contributed by atoms with Crippen molar-refractivity contribution < 1.29 is 4.42 Å². The molecule has 0 radical (unpaired) electrons. The molecule has 1 atom stereocenters. The highest BCUT2D eigenvalue weighted by Crippen LogP contribution is 2.25. The summed E-state index contributed by atoms with van der Waals surface area (Å²) in [7, 11) is 1.99. The van der Waals surface area contributed by atoms with Crippen LogP contribution < -0.4 is 5.32 Å². The fourth-order valence-corrected chi connectivity index (χ4v) is 2.43. The Morgan fingerprint density at radius 2 is 2.11 bits per heavy atom. The minimum atomic E-state index is 0.255. The fraction of sp³-hybridized carbons (Fsp3) is 0.188. The Bertz CT molecular complexity index is 656. The summed E-state index contributed by atoms with van der Waals surface area (Å²) in [5, 5.41) is 4.58. The maximum atomic E-state index is 5.14. The van der Waals surface area contributed by atoms with Crippen LogP contribution in [0.25, 0.3) is 10.9 Å². The number of nitrogens with one attached hydrogen (secondary N) is 1. The molecule has 19 heavy (non-hydrogen) atoms. The summed E-state index contributed by atoms with van der Waals surface area (Å²) >= 11 is 0. The number of furan rings is 1. The lowest BCUT2D eigenvalue weighted by atomic mass is 9.97. The van der Waals surface area contributed by atoms with Gasteiger partial charge >= 0.3 is 0 Å². The highest BCUT2D eigenvalue weighted by molar-refractivity contribution is 5.82. The topological polar surface area (TPSA) is 38.1 Å². The molecule has 0 saturated carbocycles. The van der Waals surface area contributed by atoms with Crippen LogP contribution in [0.4, 0.5) is 0 Å². The SMILES string of the molecule is CNC(Cc1ccoc1)c1ccnc2ccccc12. The average Bonchev–Trinajstić information content (AvgIpc) is 2.97. The van der Waals surface area contributed by atoms with E-state index in [9.17, 15) is 0 Å². The zero-order chi connectivity index (χ0) is 13.1. The Morgan fingerprint density at radius 3 is 2.89 bits per heavy atom. The first kappa shape index (κ1) is 11.9. The minimum absolute atomic E-state index is 0.255. The molecule has 0 saturated heterocycles. The third-order valence-electron chi connectivity index (χ3n) is 3.43. The molecule has 1 aromatic carbocycles. The molecule has 2 heterocycles. The first-order valence-electron chi connectivity index (χ1n) is 6.40. The van der Waals surface area contributed by atoms with E-state index in [1.807, 2.05) is 31.4 Å². The summed E-state index contributed by atoms with van der Waals surface area (Å²) in [5.41, 5.74) is 3.50. The van der Waals surface area contributed by atoms with Gasteiger partial charge in [-0.1, -0.05) is 18.2 Å². The van der Waals surface area contributed by atoms with Crippen LogP contribution in [-0.4, -0.2) is 12.0 Å². The molecule has 0 bridgehead atoms. The van der Waals surface area contributed by atoms with Gasteiger partial charge in [-0.2, -0.15) is 0 Å². The van der Waals surface area contributed by atoms with Crippen LogP contribution in [0.15, 0.2) is 59.5 Å². The van der Waals surface area contributed by atoms with E-state index in [1.54, 1.807) is 12.5 Å². The van der Waals surface area contributed by atoms with E-state index in [-0.39, 0.29) is 6.04 Å². The van der Waals surface area contributed by atoms with Crippen LogP contribution in [0, 0.1) is 0 Å². The van der Waals surface area contributed by atoms with Gasteiger partial charge in [-0.05, 0) is 42.8 Å². The van der Waals surface area contributed by atoms with Gasteiger partial charge in [-0.15, -0.1) is 0 Å². The maximum Gasteiger partial charge on any atom is 0.0935 e. The van der Waals surface area contributed by atoms with Crippen molar-refractivity contribution in [2.24, 2.45) is 0 Å². The standard InChI is InChI=1S/C16H16N2O/c1-17-16(10-12-7-9-19-11-12)14-6-8-18-15-5-3-2-4-13(14)15/h2-9,11,16-17H,10H2,1H3. The summed E-state index contributed by atoms with van der Waals surface area (Å²) in [6.45, 7) is 0. The minimum Gasteiger partial charge on any atom is -0.472 e. The lowest BCUT2D eigenvalue weighted by molar-refractivity contribution is 0.552. The maximum absolute atomic E-state index is 5.14. The van der Waals surface area contributed by atoms with Crippen molar-refractivity contribution in [3.05, 3.63) is 66.2 Å². The van der Waals surface area contributed by atoms with Gasteiger partial charge in [0.05, 0.1) is 18.0 Å². The number of fused-ring (bicyclic) bond motifs is 1. The lowest BCUT2D eigenvalue weighted by Gasteiger charge is -2.17. The van der Waals surface area contributed by atoms with Gasteiger partial charge in [0.25, 0.3) is 0 Å². The zero-order valence-electron chi connectivity index (χ0n) is 10.8. The quantitative estimate of drug-likeness (QED) is 0.774. The first-order chi connectivity index (χ1) is 9.38. The highest BCUT2D eigenvalue weighted by Gasteiger charge is 2.13. The average molecular weight is 252 g/mol. The molecule has 0 aliphatic carbocycles. The molecule has 0 aliphatic heterocycles. The van der Waals surface area contributed by atoms with E-state index in [4.69, 9.17) is 4.42 Å². The van der Waals surface area contributed by atoms with E-state index in [0.29, 0.717) is 0 Å². The summed E-state index contributed by atoms with van der Waals surface area (Å²) in [6.07, 6.45) is 6.29. The Hall–Kier alpha value is -2.13. The van der Waals surface area contributed by atoms with Gasteiger partial charge in [0.15, 0.2) is 0 Å². The van der Waals surface area contributed by atoms with Crippen molar-refractivity contribution >= 4 is 10.9 Å². The highest BCUT2D eigenvalue weighted by atomic mass is 16.3. The van der Waals surface area contributed by atoms with Gasteiger partial charge < -0.3 is 9.73 Å². The summed E-state index contributed by atoms with van der Waals surface area (Å²) in [4.78, 5) is 4.41. The third kappa shape index (κ3) is 2.37. The van der Waals surface area contributed by atoms with E-state index < -0.39 is 0 Å². The molecule has 0 spiro atoms. The number of nitrogens with zero attached hydrogens (tertiary/aromatic N) is 1. The van der Waals surface area contributed by atoms with Crippen LogP contribution in [-0.2, 0) is 6.42 Å². The van der Waals surface area contributed by atoms with Crippen molar-refractivity contribution in [1.29, 1.82) is 0 Å². The molecule has 3 heteroatoms. The van der Waals surface area contributed by atoms with Gasteiger partial charge in [-0.3, -0.25) is 4.98 Å². The Labute approximate surface area is 112 Å². The second kappa shape index (κ2) is 5.24. The number of para-hydroxylation sites is 1. The van der Waals surface area contributed by atoms with Crippen LogP contribution in [0.1, 0.15) is 17.2 Å². The van der Waals surface area contributed by atoms with Crippen molar-refractivity contribution in [1.82, 2.24) is 10.3 Å². The fourth-order valence-electron chi connectivity index (χ4n) is 2.43. The van der Waals surface area contributed by atoms with Gasteiger partial charge in [0.1, 0.15) is 0 Å². The first-order valence-corrected chi connectivity index (χ1v) is 6.40. The Kier molecular flexibility index (Phi) is 3.29. The van der Waals surface area contributed by atoms with Gasteiger partial charge in [0, 0.05) is 17.6 Å². The van der Waals surface area contributed by atoms with Crippen LogP contribution >= 0.6 is 0 Å². The molecule has 1 unspecified atom stereocenters. The number of benzene rings is 1. The predicted molar refractivity (Wildman–Crippen MR) is 76.0 cm³/mol. The molecule has 0 fully saturated rings.